The normalized spacial score (nSPS) is 10.7. The Morgan fingerprint density at radius 1 is 0.711 bits per heavy atom. The summed E-state index contributed by atoms with van der Waals surface area (Å²) in [6.45, 7) is 4.18. The topological polar surface area (TPSA) is 107 Å². The zero-order chi connectivity index (χ0) is 27.1. The van der Waals surface area contributed by atoms with Crippen LogP contribution in [0.4, 0.5) is 0 Å². The Morgan fingerprint density at radius 2 is 1.13 bits per heavy atom. The van der Waals surface area contributed by atoms with E-state index >= 15 is 0 Å². The second-order valence-electron chi connectivity index (χ2n) is 7.55. The molecule has 198 valence electrons. The predicted octanol–water partition coefficient (Wildman–Crippen LogP) is 4.39. The van der Waals surface area contributed by atoms with Gasteiger partial charge in [-0.05, 0) is 59.7 Å². The van der Waals surface area contributed by atoms with Gasteiger partial charge in [0, 0.05) is 12.1 Å². The van der Waals surface area contributed by atoms with E-state index in [4.69, 9.17) is 18.9 Å². The summed E-state index contributed by atoms with van der Waals surface area (Å²) < 4.78 is 24.5. The van der Waals surface area contributed by atoms with Crippen LogP contribution < -0.4 is 30.1 Å². The van der Waals surface area contributed by atoms with Gasteiger partial charge in [-0.25, -0.2) is 0 Å². The fourth-order valence-corrected chi connectivity index (χ4v) is 5.52. The van der Waals surface area contributed by atoms with Gasteiger partial charge >= 0.3 is 11.1 Å². The Kier molecular flexibility index (Phi) is 8.98. The van der Waals surface area contributed by atoms with Gasteiger partial charge in [0.15, 0.2) is 0 Å². The number of nitrogens with zero attached hydrogens (tertiary/aromatic N) is 4. The van der Waals surface area contributed by atoms with Crippen LogP contribution in [0.5, 0.6) is 23.0 Å². The number of hydrogen-bond donors (Lipinski definition) is 0. The first-order valence-electron chi connectivity index (χ1n) is 11.6. The van der Waals surface area contributed by atoms with Gasteiger partial charge in [-0.3, -0.25) is 9.59 Å². The van der Waals surface area contributed by atoms with Crippen molar-refractivity contribution >= 4 is 21.6 Å². The summed E-state index contributed by atoms with van der Waals surface area (Å²) in [5, 5.41) is 8.67. The summed E-state index contributed by atoms with van der Waals surface area (Å²) in [5.74, 6) is 1.50. The molecule has 38 heavy (non-hydrogen) atoms. The first-order valence-corrected chi connectivity index (χ1v) is 13.8. The highest BCUT2D eigenvalue weighted by Gasteiger charge is 2.19. The third kappa shape index (κ3) is 5.81. The summed E-state index contributed by atoms with van der Waals surface area (Å²) >= 11 is 0. The molecule has 0 unspecified atom stereocenters. The highest BCUT2D eigenvalue weighted by molar-refractivity contribution is 8.76. The van der Waals surface area contributed by atoms with E-state index < -0.39 is 11.1 Å². The molecule has 0 aliphatic rings. The Balaban J connectivity index is 1.67. The molecule has 2 aromatic carbocycles. The Bertz CT molecular complexity index is 1420. The smallest absolute Gasteiger partial charge is 0.315 e. The van der Waals surface area contributed by atoms with E-state index in [2.05, 4.69) is 10.2 Å². The molecule has 0 N–H and O–H groups in total. The molecule has 12 heteroatoms. The minimum absolute atomic E-state index is 0.151. The molecule has 0 fully saturated rings. The SMILES string of the molecule is CCOc1c(SSc2cnn(-c3cccc(OC)c3)c(=O)c2OCC)cnn(-c2cccc(OC)c2)c1=O. The number of methoxy groups -OCH3 is 2. The van der Waals surface area contributed by atoms with E-state index in [0.717, 1.165) is 0 Å². The molecule has 10 nitrogen and oxygen atoms in total. The van der Waals surface area contributed by atoms with Crippen molar-refractivity contribution in [2.75, 3.05) is 27.4 Å². The number of hydrogen-bond acceptors (Lipinski definition) is 10. The summed E-state index contributed by atoms with van der Waals surface area (Å²) in [5.41, 5.74) is 0.261. The lowest BCUT2D eigenvalue weighted by Crippen LogP contribution is -2.24. The van der Waals surface area contributed by atoms with E-state index in [-0.39, 0.29) is 24.7 Å². The molecule has 0 amide bonds. The van der Waals surface area contributed by atoms with Crippen LogP contribution in [0.15, 0.2) is 80.3 Å². The average Bonchev–Trinajstić information content (AvgIpc) is 2.95. The van der Waals surface area contributed by atoms with Crippen molar-refractivity contribution in [1.29, 1.82) is 0 Å². The monoisotopic (exact) mass is 554 g/mol. The van der Waals surface area contributed by atoms with E-state index in [1.807, 2.05) is 0 Å². The summed E-state index contributed by atoms with van der Waals surface area (Å²) in [7, 11) is 5.56. The Hall–Kier alpha value is -3.90. The minimum Gasteiger partial charge on any atom is -0.497 e. The molecular weight excluding hydrogens is 528 g/mol. The third-order valence-corrected chi connectivity index (χ3v) is 7.55. The molecule has 0 atom stereocenters. The maximum Gasteiger partial charge on any atom is 0.315 e. The Labute approximate surface area is 226 Å². The summed E-state index contributed by atoms with van der Waals surface area (Å²) in [6, 6.07) is 14.0. The van der Waals surface area contributed by atoms with Crippen molar-refractivity contribution in [3.63, 3.8) is 0 Å². The first-order chi connectivity index (χ1) is 18.5. The first kappa shape index (κ1) is 27.1. The predicted molar refractivity (Wildman–Crippen MR) is 147 cm³/mol. The third-order valence-electron chi connectivity index (χ3n) is 5.20. The second-order valence-corrected chi connectivity index (χ2v) is 9.76. The highest BCUT2D eigenvalue weighted by atomic mass is 33.1. The quantitative estimate of drug-likeness (QED) is 0.248. The fraction of sp³-hybridized carbons (Fsp3) is 0.231. The van der Waals surface area contributed by atoms with Gasteiger partial charge in [0.1, 0.15) is 11.5 Å². The standard InChI is InChI=1S/C26H26N4O6S2/c1-5-35-23-21(15-27-29(25(23)31)17-9-7-11-19(13-17)33-3)37-38-22-16-28-30(26(32)24(22)36-6-2)18-10-8-12-20(14-18)34-4/h7-16H,5-6H2,1-4H3. The lowest BCUT2D eigenvalue weighted by Gasteiger charge is -2.14. The van der Waals surface area contributed by atoms with Crippen LogP contribution in [-0.2, 0) is 0 Å². The maximum atomic E-state index is 13.3. The number of ether oxygens (including phenoxy) is 4. The van der Waals surface area contributed by atoms with Crippen molar-refractivity contribution in [2.45, 2.75) is 23.6 Å². The van der Waals surface area contributed by atoms with Gasteiger partial charge in [-0.2, -0.15) is 19.6 Å². The lowest BCUT2D eigenvalue weighted by molar-refractivity contribution is 0.323. The average molecular weight is 555 g/mol. The Morgan fingerprint density at radius 3 is 1.50 bits per heavy atom. The summed E-state index contributed by atoms with van der Waals surface area (Å²) in [6.07, 6.45) is 3.10. The van der Waals surface area contributed by atoms with Gasteiger partial charge < -0.3 is 18.9 Å². The van der Waals surface area contributed by atoms with E-state index in [1.165, 1.54) is 31.0 Å². The number of rotatable bonds is 11. The van der Waals surface area contributed by atoms with Crippen molar-refractivity contribution in [3.8, 4) is 34.4 Å². The molecule has 0 bridgehead atoms. The van der Waals surface area contributed by atoms with E-state index in [9.17, 15) is 9.59 Å². The van der Waals surface area contributed by atoms with Gasteiger partial charge in [0.25, 0.3) is 0 Å². The van der Waals surface area contributed by atoms with Crippen LogP contribution in [-0.4, -0.2) is 47.0 Å². The molecule has 0 radical (unpaired) electrons. The molecular formula is C26H26N4O6S2. The largest absolute Gasteiger partial charge is 0.497 e. The van der Waals surface area contributed by atoms with Crippen molar-refractivity contribution in [1.82, 2.24) is 19.6 Å². The molecule has 0 spiro atoms. The zero-order valence-electron chi connectivity index (χ0n) is 21.2. The number of aromatic nitrogens is 4. The minimum atomic E-state index is -0.415. The molecule has 0 aliphatic carbocycles. The molecule has 0 saturated heterocycles. The van der Waals surface area contributed by atoms with Crippen molar-refractivity contribution < 1.29 is 18.9 Å². The summed E-state index contributed by atoms with van der Waals surface area (Å²) in [4.78, 5) is 27.6. The van der Waals surface area contributed by atoms with E-state index in [0.29, 0.717) is 32.7 Å². The fourth-order valence-electron chi connectivity index (χ4n) is 3.46. The van der Waals surface area contributed by atoms with Crippen LogP contribution in [0.1, 0.15) is 13.8 Å². The highest BCUT2D eigenvalue weighted by Crippen LogP contribution is 2.42. The van der Waals surface area contributed by atoms with Crippen LogP contribution in [0.2, 0.25) is 0 Å². The van der Waals surface area contributed by atoms with Crippen LogP contribution in [0.3, 0.4) is 0 Å². The van der Waals surface area contributed by atoms with Crippen molar-refractivity contribution in [2.24, 2.45) is 0 Å². The molecule has 2 heterocycles. The molecule has 4 rings (SSSR count). The molecule has 0 saturated carbocycles. The maximum absolute atomic E-state index is 13.3. The van der Waals surface area contributed by atoms with Gasteiger partial charge in [0.2, 0.25) is 11.5 Å². The lowest BCUT2D eigenvalue weighted by atomic mass is 10.3. The molecule has 2 aromatic heterocycles. The zero-order valence-corrected chi connectivity index (χ0v) is 22.9. The van der Waals surface area contributed by atoms with Gasteiger partial charge in [-0.15, -0.1) is 0 Å². The number of benzene rings is 2. The van der Waals surface area contributed by atoms with Crippen LogP contribution in [0, 0.1) is 0 Å². The van der Waals surface area contributed by atoms with Crippen LogP contribution >= 0.6 is 21.6 Å². The van der Waals surface area contributed by atoms with Crippen LogP contribution in [0.25, 0.3) is 11.4 Å². The van der Waals surface area contributed by atoms with Gasteiger partial charge in [0.05, 0.1) is 61.0 Å². The van der Waals surface area contributed by atoms with Gasteiger partial charge in [-0.1, -0.05) is 12.1 Å². The second kappa shape index (κ2) is 12.6. The van der Waals surface area contributed by atoms with Crippen molar-refractivity contribution in [3.05, 3.63) is 81.6 Å². The van der Waals surface area contributed by atoms with E-state index in [1.54, 1.807) is 89.0 Å². The molecule has 0 aliphatic heterocycles. The molecule has 4 aromatic rings.